The van der Waals surface area contributed by atoms with Gasteiger partial charge in [0, 0.05) is 29.2 Å². The average molecular weight is 320 g/mol. The van der Waals surface area contributed by atoms with Gasteiger partial charge in [0.1, 0.15) is 5.75 Å². The molecule has 0 spiro atoms. The molecule has 0 unspecified atom stereocenters. The van der Waals surface area contributed by atoms with Gasteiger partial charge in [0.2, 0.25) is 0 Å². The summed E-state index contributed by atoms with van der Waals surface area (Å²) < 4.78 is 5.21. The number of benzene rings is 3. The summed E-state index contributed by atoms with van der Waals surface area (Å²) in [6, 6.07) is 24.0. The molecule has 3 rings (SSSR count). The summed E-state index contributed by atoms with van der Waals surface area (Å²) in [6.07, 6.45) is 0. The highest BCUT2D eigenvalue weighted by Gasteiger charge is 2.13. The molecule has 0 saturated carbocycles. The maximum absolute atomic E-state index is 10.9. The number of nitrogens with zero attached hydrogens (tertiary/aromatic N) is 2. The summed E-state index contributed by atoms with van der Waals surface area (Å²) in [5.41, 5.74) is 2.82. The van der Waals surface area contributed by atoms with Crippen LogP contribution in [0.5, 0.6) is 5.75 Å². The van der Waals surface area contributed by atoms with E-state index in [-0.39, 0.29) is 5.69 Å². The Morgan fingerprint density at radius 2 is 1.29 bits per heavy atom. The standard InChI is InChI=1S/C19H16N2O3/c1-24-19-13-11-17(12-14-19)20(15-5-3-2-4-6-15)16-7-9-18(10-8-16)21(22)23/h2-14H,1H3. The summed E-state index contributed by atoms with van der Waals surface area (Å²) in [7, 11) is 1.63. The topological polar surface area (TPSA) is 55.6 Å². The van der Waals surface area contributed by atoms with Crippen LogP contribution in [-0.2, 0) is 0 Å². The molecule has 0 aliphatic carbocycles. The van der Waals surface area contributed by atoms with Crippen molar-refractivity contribution in [1.29, 1.82) is 0 Å². The smallest absolute Gasteiger partial charge is 0.269 e. The fourth-order valence-corrected chi connectivity index (χ4v) is 2.48. The SMILES string of the molecule is COc1ccc(N(c2ccccc2)c2ccc([N+](=O)[O-])cc2)cc1. The largest absolute Gasteiger partial charge is 0.497 e. The molecule has 24 heavy (non-hydrogen) atoms. The quantitative estimate of drug-likeness (QED) is 0.486. The molecule has 0 atom stereocenters. The van der Waals surface area contributed by atoms with Gasteiger partial charge in [0.25, 0.3) is 5.69 Å². The second kappa shape index (κ2) is 6.83. The number of nitro groups is 1. The van der Waals surface area contributed by atoms with Crippen LogP contribution >= 0.6 is 0 Å². The number of rotatable bonds is 5. The predicted molar refractivity (Wildman–Crippen MR) is 94.3 cm³/mol. The van der Waals surface area contributed by atoms with Crippen LogP contribution in [0, 0.1) is 10.1 Å². The van der Waals surface area contributed by atoms with Gasteiger partial charge in [0.15, 0.2) is 0 Å². The van der Waals surface area contributed by atoms with Crippen molar-refractivity contribution in [2.45, 2.75) is 0 Å². The van der Waals surface area contributed by atoms with Crippen molar-refractivity contribution in [2.75, 3.05) is 12.0 Å². The van der Waals surface area contributed by atoms with E-state index in [1.807, 2.05) is 59.5 Å². The number of ether oxygens (including phenoxy) is 1. The van der Waals surface area contributed by atoms with Crippen LogP contribution in [0.25, 0.3) is 0 Å². The van der Waals surface area contributed by atoms with Gasteiger partial charge < -0.3 is 9.64 Å². The molecule has 0 aliphatic rings. The van der Waals surface area contributed by atoms with Crippen LogP contribution in [0.4, 0.5) is 22.7 Å². The van der Waals surface area contributed by atoms with Crippen molar-refractivity contribution in [2.24, 2.45) is 0 Å². The number of hydrogen-bond acceptors (Lipinski definition) is 4. The molecule has 0 aromatic heterocycles. The number of hydrogen-bond donors (Lipinski definition) is 0. The van der Waals surface area contributed by atoms with Crippen LogP contribution in [0.3, 0.4) is 0 Å². The minimum Gasteiger partial charge on any atom is -0.497 e. The Balaban J connectivity index is 2.06. The molecule has 0 N–H and O–H groups in total. The highest BCUT2D eigenvalue weighted by molar-refractivity contribution is 5.77. The van der Waals surface area contributed by atoms with Crippen LogP contribution in [0.1, 0.15) is 0 Å². The highest BCUT2D eigenvalue weighted by Crippen LogP contribution is 2.35. The molecule has 5 heteroatoms. The number of nitro benzene ring substituents is 1. The molecule has 0 fully saturated rings. The van der Waals surface area contributed by atoms with Gasteiger partial charge in [0.05, 0.1) is 12.0 Å². The second-order valence-corrected chi connectivity index (χ2v) is 5.14. The van der Waals surface area contributed by atoms with E-state index in [1.165, 1.54) is 12.1 Å². The lowest BCUT2D eigenvalue weighted by molar-refractivity contribution is -0.384. The van der Waals surface area contributed by atoms with Gasteiger partial charge in [-0.2, -0.15) is 0 Å². The van der Waals surface area contributed by atoms with Gasteiger partial charge in [-0.25, -0.2) is 0 Å². The van der Waals surface area contributed by atoms with Crippen molar-refractivity contribution in [3.63, 3.8) is 0 Å². The lowest BCUT2D eigenvalue weighted by atomic mass is 10.2. The summed E-state index contributed by atoms with van der Waals surface area (Å²) in [5, 5.41) is 10.9. The second-order valence-electron chi connectivity index (χ2n) is 5.14. The number of anilines is 3. The Morgan fingerprint density at radius 3 is 1.79 bits per heavy atom. The lowest BCUT2D eigenvalue weighted by Crippen LogP contribution is -2.09. The minimum absolute atomic E-state index is 0.0708. The lowest BCUT2D eigenvalue weighted by Gasteiger charge is -2.25. The molecule has 120 valence electrons. The first-order valence-electron chi connectivity index (χ1n) is 7.43. The molecule has 0 heterocycles. The zero-order valence-corrected chi connectivity index (χ0v) is 13.1. The van der Waals surface area contributed by atoms with Crippen molar-refractivity contribution in [3.05, 3.63) is 89.0 Å². The maximum atomic E-state index is 10.9. The van der Waals surface area contributed by atoms with Gasteiger partial charge in [-0.05, 0) is 48.5 Å². The highest BCUT2D eigenvalue weighted by atomic mass is 16.6. The molecule has 5 nitrogen and oxygen atoms in total. The van der Waals surface area contributed by atoms with E-state index < -0.39 is 4.92 Å². The minimum atomic E-state index is -0.399. The van der Waals surface area contributed by atoms with E-state index in [0.717, 1.165) is 22.8 Å². The van der Waals surface area contributed by atoms with E-state index in [1.54, 1.807) is 19.2 Å². The maximum Gasteiger partial charge on any atom is 0.269 e. The fourth-order valence-electron chi connectivity index (χ4n) is 2.48. The first-order valence-corrected chi connectivity index (χ1v) is 7.43. The molecule has 0 radical (unpaired) electrons. The Hall–Kier alpha value is -3.34. The van der Waals surface area contributed by atoms with Crippen LogP contribution in [0.2, 0.25) is 0 Å². The zero-order chi connectivity index (χ0) is 16.9. The monoisotopic (exact) mass is 320 g/mol. The summed E-state index contributed by atoms with van der Waals surface area (Å²) >= 11 is 0. The molecular weight excluding hydrogens is 304 g/mol. The van der Waals surface area contributed by atoms with Crippen LogP contribution in [0.15, 0.2) is 78.9 Å². The van der Waals surface area contributed by atoms with Crippen molar-refractivity contribution in [3.8, 4) is 5.75 Å². The number of methoxy groups -OCH3 is 1. The Kier molecular flexibility index (Phi) is 4.43. The van der Waals surface area contributed by atoms with E-state index in [0.29, 0.717) is 0 Å². The molecule has 0 amide bonds. The third kappa shape index (κ3) is 3.20. The van der Waals surface area contributed by atoms with Crippen LogP contribution < -0.4 is 9.64 Å². The van der Waals surface area contributed by atoms with Gasteiger partial charge >= 0.3 is 0 Å². The number of non-ortho nitro benzene ring substituents is 1. The molecular formula is C19H16N2O3. The van der Waals surface area contributed by atoms with Crippen molar-refractivity contribution in [1.82, 2.24) is 0 Å². The zero-order valence-electron chi connectivity index (χ0n) is 13.1. The van der Waals surface area contributed by atoms with E-state index in [4.69, 9.17) is 4.74 Å². The van der Waals surface area contributed by atoms with E-state index >= 15 is 0 Å². The summed E-state index contributed by atoms with van der Waals surface area (Å²) in [6.45, 7) is 0. The first kappa shape index (κ1) is 15.6. The molecule has 3 aromatic carbocycles. The molecule has 0 saturated heterocycles. The normalized spacial score (nSPS) is 10.2. The van der Waals surface area contributed by atoms with Crippen molar-refractivity contribution >= 4 is 22.7 Å². The average Bonchev–Trinajstić information content (AvgIpc) is 2.64. The van der Waals surface area contributed by atoms with Gasteiger partial charge in [-0.15, -0.1) is 0 Å². The first-order chi connectivity index (χ1) is 11.7. The fraction of sp³-hybridized carbons (Fsp3) is 0.0526. The van der Waals surface area contributed by atoms with Crippen molar-refractivity contribution < 1.29 is 9.66 Å². The Bertz CT molecular complexity index is 815. The molecule has 0 bridgehead atoms. The molecule has 0 aliphatic heterocycles. The summed E-state index contributed by atoms with van der Waals surface area (Å²) in [4.78, 5) is 12.5. The van der Waals surface area contributed by atoms with Crippen LogP contribution in [-0.4, -0.2) is 12.0 Å². The Morgan fingerprint density at radius 1 is 0.792 bits per heavy atom. The summed E-state index contributed by atoms with van der Waals surface area (Å²) in [5.74, 6) is 0.774. The predicted octanol–water partition coefficient (Wildman–Crippen LogP) is 5.07. The van der Waals surface area contributed by atoms with E-state index in [9.17, 15) is 10.1 Å². The third-order valence-corrected chi connectivity index (χ3v) is 3.66. The van der Waals surface area contributed by atoms with E-state index in [2.05, 4.69) is 0 Å². The van der Waals surface area contributed by atoms with Gasteiger partial charge in [-0.1, -0.05) is 18.2 Å². The Labute approximate surface area is 139 Å². The molecule has 3 aromatic rings. The third-order valence-electron chi connectivity index (χ3n) is 3.66. The number of para-hydroxylation sites is 1. The van der Waals surface area contributed by atoms with Gasteiger partial charge in [-0.3, -0.25) is 10.1 Å².